The normalized spacial score (nSPS) is 13.9. The summed E-state index contributed by atoms with van der Waals surface area (Å²) in [6.45, 7) is 15.4. The zero-order valence-corrected chi connectivity index (χ0v) is 27.2. The van der Waals surface area contributed by atoms with E-state index in [0.29, 0.717) is 12.8 Å². The lowest BCUT2D eigenvalue weighted by atomic mass is 10.1. The van der Waals surface area contributed by atoms with Crippen LogP contribution in [-0.4, -0.2) is 96.4 Å². The maximum atomic E-state index is 12.9. The molecule has 0 radical (unpaired) electrons. The van der Waals surface area contributed by atoms with E-state index in [9.17, 15) is 29.1 Å². The Morgan fingerprint density at radius 2 is 1.05 bits per heavy atom. The van der Waals surface area contributed by atoms with Crippen LogP contribution in [0, 0.1) is 0 Å². The molecule has 0 spiro atoms. The number of nitrogens with two attached hydrogens (primary N) is 1. The van der Waals surface area contributed by atoms with Gasteiger partial charge in [0, 0.05) is 19.6 Å². The highest BCUT2D eigenvalue weighted by molar-refractivity contribution is 5.86. The monoisotopic (exact) mass is 618 g/mol. The van der Waals surface area contributed by atoms with E-state index in [1.54, 1.807) is 62.3 Å². The molecule has 5 amide bonds. The molecule has 0 aromatic carbocycles. The summed E-state index contributed by atoms with van der Waals surface area (Å²) in [5.41, 5.74) is 3.38. The Bertz CT molecular complexity index is 910. The fraction of sp³-hybridized carbons (Fsp3) is 0.821. The van der Waals surface area contributed by atoms with Crippen LogP contribution in [0.4, 0.5) is 14.4 Å². The van der Waals surface area contributed by atoms with Crippen molar-refractivity contribution in [1.82, 2.24) is 26.6 Å². The molecule has 0 bridgehead atoms. The lowest BCUT2D eigenvalue weighted by Crippen LogP contribution is -2.50. The largest absolute Gasteiger partial charge is 0.444 e. The van der Waals surface area contributed by atoms with Crippen LogP contribution in [0.5, 0.6) is 0 Å². The van der Waals surface area contributed by atoms with Crippen molar-refractivity contribution >= 4 is 30.1 Å². The fourth-order valence-corrected chi connectivity index (χ4v) is 3.34. The molecule has 0 aromatic heterocycles. The first-order chi connectivity index (χ1) is 19.6. The second-order valence-corrected chi connectivity index (χ2v) is 13.0. The van der Waals surface area contributed by atoms with Crippen LogP contribution in [0.15, 0.2) is 0 Å². The Hall–Kier alpha value is -3.33. The van der Waals surface area contributed by atoms with Crippen molar-refractivity contribution in [3.63, 3.8) is 0 Å². The van der Waals surface area contributed by atoms with Crippen LogP contribution in [0.25, 0.3) is 0 Å². The molecule has 0 heterocycles. The summed E-state index contributed by atoms with van der Waals surface area (Å²) >= 11 is 0. The number of unbranched alkanes of at least 4 members (excludes halogenated alkanes) is 1. The predicted molar refractivity (Wildman–Crippen MR) is 160 cm³/mol. The number of aliphatic hydroxyl groups excluding tert-OH is 1. The van der Waals surface area contributed by atoms with Crippen molar-refractivity contribution in [2.45, 2.75) is 123 Å². The summed E-state index contributed by atoms with van der Waals surface area (Å²) in [6.07, 6.45) is -2.02. The summed E-state index contributed by atoms with van der Waals surface area (Å²) in [4.78, 5) is 61.7. The summed E-state index contributed by atoms with van der Waals surface area (Å²) in [6, 6.07) is -1.86. The molecular formula is C28H54N6O9. The minimum atomic E-state index is -1.11. The molecule has 0 aliphatic rings. The number of carbonyl (C=O) groups is 5. The van der Waals surface area contributed by atoms with Gasteiger partial charge in [-0.15, -0.1) is 0 Å². The van der Waals surface area contributed by atoms with Crippen molar-refractivity contribution in [3.8, 4) is 0 Å². The third-order valence-corrected chi connectivity index (χ3v) is 5.08. The maximum absolute atomic E-state index is 12.9. The molecule has 250 valence electrons. The molecule has 3 atom stereocenters. The van der Waals surface area contributed by atoms with Crippen molar-refractivity contribution in [2.75, 3.05) is 26.2 Å². The highest BCUT2D eigenvalue weighted by atomic mass is 16.6. The molecule has 0 aliphatic heterocycles. The predicted octanol–water partition coefficient (Wildman–Crippen LogP) is 1.41. The highest BCUT2D eigenvalue weighted by Gasteiger charge is 2.26. The molecule has 0 aliphatic carbocycles. The molecule has 1 unspecified atom stereocenters. The molecule has 43 heavy (non-hydrogen) atoms. The Morgan fingerprint density at radius 3 is 1.51 bits per heavy atom. The van der Waals surface area contributed by atoms with E-state index in [1.807, 2.05) is 0 Å². The molecule has 0 fully saturated rings. The van der Waals surface area contributed by atoms with Crippen LogP contribution >= 0.6 is 0 Å². The number of amides is 5. The Labute approximate surface area is 255 Å². The number of carbonyl (C=O) groups excluding carboxylic acids is 5. The van der Waals surface area contributed by atoms with E-state index in [4.69, 9.17) is 19.9 Å². The first-order valence-electron chi connectivity index (χ1n) is 14.5. The lowest BCUT2D eigenvalue weighted by molar-refractivity contribution is -0.124. The van der Waals surface area contributed by atoms with E-state index in [1.165, 1.54) is 0 Å². The van der Waals surface area contributed by atoms with E-state index < -0.39 is 65.1 Å². The third-order valence-electron chi connectivity index (χ3n) is 5.08. The zero-order valence-electron chi connectivity index (χ0n) is 27.2. The minimum Gasteiger partial charge on any atom is -0.444 e. The molecule has 0 saturated carbocycles. The van der Waals surface area contributed by atoms with Gasteiger partial charge < -0.3 is 51.6 Å². The number of hydrogen-bond donors (Lipinski definition) is 7. The quantitative estimate of drug-likeness (QED) is 0.103. The number of ether oxygens (including phenoxy) is 3. The first kappa shape index (κ1) is 39.7. The molecule has 8 N–H and O–H groups in total. The minimum absolute atomic E-state index is 0.160. The number of alkyl carbamates (subject to hydrolysis) is 3. The first-order valence-corrected chi connectivity index (χ1v) is 14.5. The van der Waals surface area contributed by atoms with Gasteiger partial charge in [0.1, 0.15) is 28.9 Å². The number of rotatable bonds is 15. The van der Waals surface area contributed by atoms with Crippen molar-refractivity contribution in [3.05, 3.63) is 0 Å². The van der Waals surface area contributed by atoms with Crippen LogP contribution in [-0.2, 0) is 23.8 Å². The molecule has 15 nitrogen and oxygen atoms in total. The smallest absolute Gasteiger partial charge is 0.408 e. The van der Waals surface area contributed by atoms with Crippen LogP contribution in [0.1, 0.15) is 88.0 Å². The van der Waals surface area contributed by atoms with Gasteiger partial charge in [0.05, 0.1) is 6.10 Å². The molecular weight excluding hydrogens is 564 g/mol. The van der Waals surface area contributed by atoms with E-state index in [2.05, 4.69) is 26.6 Å². The average Bonchev–Trinajstić information content (AvgIpc) is 2.81. The number of aliphatic hydroxyl groups is 1. The van der Waals surface area contributed by atoms with Gasteiger partial charge in [0.25, 0.3) is 0 Å². The van der Waals surface area contributed by atoms with Gasteiger partial charge in [0.15, 0.2) is 0 Å². The summed E-state index contributed by atoms with van der Waals surface area (Å²) in [5.74, 6) is -0.984. The summed E-state index contributed by atoms with van der Waals surface area (Å²) in [5, 5.41) is 22.9. The molecule has 0 saturated heterocycles. The third kappa shape index (κ3) is 22.0. The fourth-order valence-electron chi connectivity index (χ4n) is 3.34. The second-order valence-electron chi connectivity index (χ2n) is 13.0. The van der Waals surface area contributed by atoms with Gasteiger partial charge in [-0.05, 0) is 94.5 Å². The van der Waals surface area contributed by atoms with Crippen molar-refractivity contribution in [1.29, 1.82) is 0 Å². The number of hydrogen-bond acceptors (Lipinski definition) is 10. The van der Waals surface area contributed by atoms with Gasteiger partial charge in [-0.3, -0.25) is 9.59 Å². The van der Waals surface area contributed by atoms with Crippen LogP contribution < -0.4 is 32.3 Å². The van der Waals surface area contributed by atoms with Crippen LogP contribution in [0.3, 0.4) is 0 Å². The van der Waals surface area contributed by atoms with Gasteiger partial charge >= 0.3 is 18.3 Å². The summed E-state index contributed by atoms with van der Waals surface area (Å²) < 4.78 is 15.6. The van der Waals surface area contributed by atoms with Gasteiger partial charge in [-0.2, -0.15) is 0 Å². The topological polar surface area (TPSA) is 219 Å². The molecule has 0 aromatic rings. The van der Waals surface area contributed by atoms with E-state index >= 15 is 0 Å². The van der Waals surface area contributed by atoms with E-state index in [-0.39, 0.29) is 39.0 Å². The van der Waals surface area contributed by atoms with Crippen molar-refractivity contribution < 1.29 is 43.3 Å². The standard InChI is InChI=1S/C28H54N6O9/c1-26(2,3)41-23(38)32-17-18(35)16-31-22(37)19(33-24(39)42-27(4,5)6)12-10-11-15-30-21(36)20(13-14-29)34-25(40)43-28(7,8)9/h18-20,35H,10-17,29H2,1-9H3,(H,30,36)(H,31,37)(H,32,38)(H,33,39)(H,34,40)/t18?,19-,20-/m0/s1. The second kappa shape index (κ2) is 18.4. The zero-order chi connectivity index (χ0) is 33.4. The lowest BCUT2D eigenvalue weighted by Gasteiger charge is -2.24. The highest BCUT2D eigenvalue weighted by Crippen LogP contribution is 2.10. The SMILES string of the molecule is CC(C)(C)OC(=O)NCC(O)CNC(=O)[C@H](CCCCNC(=O)[C@H](CCN)NC(=O)OC(C)(C)C)NC(=O)OC(C)(C)C. The summed E-state index contributed by atoms with van der Waals surface area (Å²) in [7, 11) is 0. The van der Waals surface area contributed by atoms with E-state index in [0.717, 1.165) is 0 Å². The average molecular weight is 619 g/mol. The van der Waals surface area contributed by atoms with Gasteiger partial charge in [0.2, 0.25) is 11.8 Å². The van der Waals surface area contributed by atoms with Crippen LogP contribution in [0.2, 0.25) is 0 Å². The maximum Gasteiger partial charge on any atom is 0.408 e. The Kier molecular flexibility index (Phi) is 16.9. The van der Waals surface area contributed by atoms with Gasteiger partial charge in [-0.25, -0.2) is 14.4 Å². The van der Waals surface area contributed by atoms with Gasteiger partial charge in [-0.1, -0.05) is 0 Å². The molecule has 15 heteroatoms. The Morgan fingerprint density at radius 1 is 0.628 bits per heavy atom. The van der Waals surface area contributed by atoms with Crippen molar-refractivity contribution in [2.24, 2.45) is 5.73 Å². The Balaban J connectivity index is 4.94. The molecule has 0 rings (SSSR count). The number of nitrogens with one attached hydrogen (secondary N) is 5.